The lowest BCUT2D eigenvalue weighted by Gasteiger charge is -2.15. The van der Waals surface area contributed by atoms with Crippen molar-refractivity contribution in [3.05, 3.63) is 53.5 Å². The molecule has 2 aromatic heterocycles. The predicted molar refractivity (Wildman–Crippen MR) is 105 cm³/mol. The van der Waals surface area contributed by atoms with Gasteiger partial charge in [-0.05, 0) is 62.1 Å². The molecule has 3 aromatic rings. The van der Waals surface area contributed by atoms with E-state index in [0.717, 1.165) is 46.9 Å². The predicted octanol–water partition coefficient (Wildman–Crippen LogP) is 3.61. The molecule has 2 aliphatic heterocycles. The van der Waals surface area contributed by atoms with E-state index in [0.29, 0.717) is 0 Å². The molecule has 2 atom stereocenters. The van der Waals surface area contributed by atoms with Crippen molar-refractivity contribution in [1.82, 2.24) is 20.0 Å². The summed E-state index contributed by atoms with van der Waals surface area (Å²) >= 11 is 0. The standard InChI is InChI=1S/C21H21N5O2/c1-4-19-18-10-16-9-14(5-7-17(16)25(18)21(27)28-19)15-6-8-20(22-11-15)26-13(3)12(2)23-24-26/h5-9,11,18-19H,4,10H2,1-3H3/t18-,19-/m0/s1. The van der Waals surface area contributed by atoms with Gasteiger partial charge in [0.1, 0.15) is 6.10 Å². The number of benzene rings is 1. The molecule has 142 valence electrons. The number of anilines is 1. The SMILES string of the molecule is CC[C@@H]1OC(=O)N2c3ccc(-c4ccc(-n5nnc(C)c5C)nc4)cc3C[C@@H]12. The van der Waals surface area contributed by atoms with Gasteiger partial charge in [-0.1, -0.05) is 18.2 Å². The molecule has 7 heteroatoms. The first-order valence-corrected chi connectivity index (χ1v) is 9.55. The quantitative estimate of drug-likeness (QED) is 0.699. The lowest BCUT2D eigenvalue weighted by Crippen LogP contribution is -2.32. The third-order valence-corrected chi connectivity index (χ3v) is 5.80. The first-order valence-electron chi connectivity index (χ1n) is 9.55. The molecule has 1 fully saturated rings. The molecule has 7 nitrogen and oxygen atoms in total. The lowest BCUT2D eigenvalue weighted by molar-refractivity contribution is 0.129. The lowest BCUT2D eigenvalue weighted by atomic mass is 10.0. The summed E-state index contributed by atoms with van der Waals surface area (Å²) in [6, 6.07) is 10.3. The Kier molecular flexibility index (Phi) is 3.72. The summed E-state index contributed by atoms with van der Waals surface area (Å²) in [7, 11) is 0. The zero-order chi connectivity index (χ0) is 19.4. The molecule has 0 N–H and O–H groups in total. The van der Waals surface area contributed by atoms with Crippen LogP contribution < -0.4 is 4.90 Å². The maximum atomic E-state index is 12.2. The third-order valence-electron chi connectivity index (χ3n) is 5.80. The number of hydrogen-bond donors (Lipinski definition) is 0. The highest BCUT2D eigenvalue weighted by Crippen LogP contribution is 2.41. The second-order valence-electron chi connectivity index (χ2n) is 7.39. The maximum Gasteiger partial charge on any atom is 0.415 e. The van der Waals surface area contributed by atoms with Gasteiger partial charge >= 0.3 is 6.09 Å². The monoisotopic (exact) mass is 375 g/mol. The number of aromatic nitrogens is 4. The van der Waals surface area contributed by atoms with Crippen LogP contribution in [0.25, 0.3) is 16.9 Å². The van der Waals surface area contributed by atoms with E-state index in [1.54, 1.807) is 4.68 Å². The molecule has 0 bridgehead atoms. The van der Waals surface area contributed by atoms with Gasteiger partial charge in [0.2, 0.25) is 0 Å². The highest BCUT2D eigenvalue weighted by molar-refractivity contribution is 5.94. The molecular weight excluding hydrogens is 354 g/mol. The van der Waals surface area contributed by atoms with Crippen molar-refractivity contribution in [3.8, 4) is 16.9 Å². The smallest absolute Gasteiger partial charge is 0.415 e. The largest absolute Gasteiger partial charge is 0.444 e. The Labute approximate surface area is 163 Å². The van der Waals surface area contributed by atoms with Crippen molar-refractivity contribution < 1.29 is 9.53 Å². The molecule has 0 spiro atoms. The minimum atomic E-state index is -0.229. The number of carbonyl (C=O) groups excluding carboxylic acids is 1. The second-order valence-corrected chi connectivity index (χ2v) is 7.39. The van der Waals surface area contributed by atoms with Crippen LogP contribution in [0.5, 0.6) is 0 Å². The number of rotatable bonds is 3. The van der Waals surface area contributed by atoms with Gasteiger partial charge in [0.05, 0.1) is 23.1 Å². The Morgan fingerprint density at radius 1 is 1.18 bits per heavy atom. The van der Waals surface area contributed by atoms with Crippen LogP contribution in [0.4, 0.5) is 10.5 Å². The number of cyclic esters (lactones) is 1. The van der Waals surface area contributed by atoms with Gasteiger partial charge in [-0.15, -0.1) is 5.10 Å². The van der Waals surface area contributed by atoms with E-state index in [1.165, 1.54) is 5.56 Å². The summed E-state index contributed by atoms with van der Waals surface area (Å²) in [6.45, 7) is 5.97. The Hall–Kier alpha value is -3.22. The molecule has 1 amide bonds. The average Bonchev–Trinajstić information content (AvgIpc) is 3.35. The number of ether oxygens (including phenoxy) is 1. The van der Waals surface area contributed by atoms with Gasteiger partial charge in [0.25, 0.3) is 0 Å². The normalized spacial score (nSPS) is 20.2. The fourth-order valence-corrected chi connectivity index (χ4v) is 4.11. The zero-order valence-electron chi connectivity index (χ0n) is 16.1. The van der Waals surface area contributed by atoms with Crippen LogP contribution in [0.15, 0.2) is 36.5 Å². The number of fused-ring (bicyclic) bond motifs is 3. The minimum absolute atomic E-state index is 0.0290. The molecule has 0 aliphatic carbocycles. The van der Waals surface area contributed by atoms with Crippen LogP contribution in [0.3, 0.4) is 0 Å². The van der Waals surface area contributed by atoms with Crippen molar-refractivity contribution in [3.63, 3.8) is 0 Å². The van der Waals surface area contributed by atoms with Gasteiger partial charge in [0.15, 0.2) is 5.82 Å². The van der Waals surface area contributed by atoms with Crippen molar-refractivity contribution in [1.29, 1.82) is 0 Å². The fourth-order valence-electron chi connectivity index (χ4n) is 4.11. The average molecular weight is 375 g/mol. The van der Waals surface area contributed by atoms with Crippen LogP contribution in [-0.2, 0) is 11.2 Å². The van der Waals surface area contributed by atoms with Crippen LogP contribution in [0.1, 0.15) is 30.3 Å². The number of amides is 1. The Morgan fingerprint density at radius 3 is 2.68 bits per heavy atom. The first-order chi connectivity index (χ1) is 13.6. The van der Waals surface area contributed by atoms with Crippen molar-refractivity contribution in [2.24, 2.45) is 0 Å². The number of pyridine rings is 1. The van der Waals surface area contributed by atoms with E-state index in [9.17, 15) is 4.79 Å². The molecule has 1 saturated heterocycles. The van der Waals surface area contributed by atoms with Crippen molar-refractivity contribution in [2.75, 3.05) is 4.90 Å². The summed E-state index contributed by atoms with van der Waals surface area (Å²) in [4.78, 5) is 18.6. The molecule has 2 aliphatic rings. The number of hydrogen-bond acceptors (Lipinski definition) is 5. The molecule has 5 rings (SSSR count). The number of aryl methyl sites for hydroxylation is 1. The summed E-state index contributed by atoms with van der Waals surface area (Å²) in [6.07, 6.45) is 3.26. The van der Waals surface area contributed by atoms with Crippen LogP contribution in [0.2, 0.25) is 0 Å². The molecule has 4 heterocycles. The topological polar surface area (TPSA) is 73.1 Å². The molecule has 0 saturated carbocycles. The molecular formula is C21H21N5O2. The van der Waals surface area contributed by atoms with E-state index in [-0.39, 0.29) is 18.2 Å². The fraction of sp³-hybridized carbons (Fsp3) is 0.333. The Balaban J connectivity index is 1.45. The van der Waals surface area contributed by atoms with E-state index in [2.05, 4.69) is 28.3 Å². The third kappa shape index (κ3) is 2.42. The Bertz CT molecular complexity index is 1070. The van der Waals surface area contributed by atoms with Gasteiger partial charge in [-0.25, -0.2) is 9.78 Å². The summed E-state index contributed by atoms with van der Waals surface area (Å²) in [5.41, 5.74) is 6.15. The number of carbonyl (C=O) groups is 1. The zero-order valence-corrected chi connectivity index (χ0v) is 16.1. The molecule has 0 radical (unpaired) electrons. The van der Waals surface area contributed by atoms with E-state index in [1.807, 2.05) is 49.2 Å². The van der Waals surface area contributed by atoms with Gasteiger partial charge in [-0.3, -0.25) is 4.90 Å². The van der Waals surface area contributed by atoms with E-state index >= 15 is 0 Å². The summed E-state index contributed by atoms with van der Waals surface area (Å²) in [5, 5.41) is 8.23. The van der Waals surface area contributed by atoms with Gasteiger partial charge < -0.3 is 4.74 Å². The minimum Gasteiger partial charge on any atom is -0.444 e. The van der Waals surface area contributed by atoms with Crippen LogP contribution >= 0.6 is 0 Å². The number of nitrogens with zero attached hydrogens (tertiary/aromatic N) is 5. The highest BCUT2D eigenvalue weighted by atomic mass is 16.6. The Morgan fingerprint density at radius 2 is 2.00 bits per heavy atom. The van der Waals surface area contributed by atoms with Gasteiger partial charge in [0, 0.05) is 11.8 Å². The molecule has 0 unspecified atom stereocenters. The summed E-state index contributed by atoms with van der Waals surface area (Å²) in [5.74, 6) is 0.747. The van der Waals surface area contributed by atoms with Crippen LogP contribution in [-0.4, -0.2) is 38.2 Å². The van der Waals surface area contributed by atoms with Crippen molar-refractivity contribution >= 4 is 11.8 Å². The second kappa shape index (κ2) is 6.15. The van der Waals surface area contributed by atoms with E-state index < -0.39 is 0 Å². The van der Waals surface area contributed by atoms with Crippen LogP contribution in [0, 0.1) is 13.8 Å². The van der Waals surface area contributed by atoms with Gasteiger partial charge in [-0.2, -0.15) is 4.68 Å². The highest BCUT2D eigenvalue weighted by Gasteiger charge is 2.46. The molecule has 1 aromatic carbocycles. The summed E-state index contributed by atoms with van der Waals surface area (Å²) < 4.78 is 7.22. The molecule has 28 heavy (non-hydrogen) atoms. The van der Waals surface area contributed by atoms with E-state index in [4.69, 9.17) is 4.74 Å². The maximum absolute atomic E-state index is 12.2. The first kappa shape index (κ1) is 16.9. The van der Waals surface area contributed by atoms with Crippen molar-refractivity contribution in [2.45, 2.75) is 45.8 Å².